The molecule has 0 aliphatic rings. The normalized spacial score (nSPS) is 12.0. The standard InChI is InChI=1S/C21H24ClN5OS/c1-4-5-20(15-10-18(29-23-3)12-24-11-15)26-21(28)19-13-25-27(14(19)2)17-8-6-16(22)7-9-17/h6-13,20,23H,4-5H2,1-3H3,(H,26,28). The second-order valence-electron chi connectivity index (χ2n) is 6.61. The number of pyridine rings is 1. The maximum Gasteiger partial charge on any atom is 0.255 e. The second kappa shape index (κ2) is 9.91. The molecule has 2 heterocycles. The molecule has 2 aromatic heterocycles. The largest absolute Gasteiger partial charge is 0.345 e. The molecule has 29 heavy (non-hydrogen) atoms. The van der Waals surface area contributed by atoms with Gasteiger partial charge in [-0.1, -0.05) is 24.9 Å². The molecule has 0 radical (unpaired) electrons. The fraction of sp³-hybridized carbons (Fsp3) is 0.286. The van der Waals surface area contributed by atoms with Crippen molar-refractivity contribution in [2.75, 3.05) is 7.05 Å². The molecular formula is C21H24ClN5OS. The van der Waals surface area contributed by atoms with Crippen molar-refractivity contribution in [3.8, 4) is 5.69 Å². The number of carbonyl (C=O) groups excluding carboxylic acids is 1. The first-order valence-electron chi connectivity index (χ1n) is 9.43. The van der Waals surface area contributed by atoms with E-state index in [0.717, 1.165) is 34.7 Å². The minimum atomic E-state index is -0.146. The van der Waals surface area contributed by atoms with Crippen LogP contribution in [0.4, 0.5) is 0 Å². The number of nitrogens with zero attached hydrogens (tertiary/aromatic N) is 3. The Morgan fingerprint density at radius 1 is 1.24 bits per heavy atom. The number of nitrogens with one attached hydrogen (secondary N) is 2. The van der Waals surface area contributed by atoms with Crippen LogP contribution in [0.15, 0.2) is 53.8 Å². The Morgan fingerprint density at radius 2 is 2.00 bits per heavy atom. The lowest BCUT2D eigenvalue weighted by Crippen LogP contribution is -2.29. The topological polar surface area (TPSA) is 71.8 Å². The molecule has 3 rings (SSSR count). The SMILES string of the molecule is CCCC(NC(=O)c1cnn(-c2ccc(Cl)cc2)c1C)c1cncc(SNC)c1. The van der Waals surface area contributed by atoms with Crippen molar-refractivity contribution in [1.82, 2.24) is 24.8 Å². The van der Waals surface area contributed by atoms with Crippen LogP contribution in [0.1, 0.15) is 47.4 Å². The molecule has 0 saturated carbocycles. The molecule has 0 fully saturated rings. The number of carbonyl (C=O) groups is 1. The molecule has 152 valence electrons. The third kappa shape index (κ3) is 5.18. The molecule has 1 unspecified atom stereocenters. The molecule has 1 amide bonds. The summed E-state index contributed by atoms with van der Waals surface area (Å²) in [6, 6.07) is 9.30. The van der Waals surface area contributed by atoms with Gasteiger partial charge < -0.3 is 5.32 Å². The summed E-state index contributed by atoms with van der Waals surface area (Å²) in [5, 5.41) is 8.20. The van der Waals surface area contributed by atoms with E-state index in [1.807, 2.05) is 32.3 Å². The highest BCUT2D eigenvalue weighted by Gasteiger charge is 2.20. The highest BCUT2D eigenvalue weighted by Crippen LogP contribution is 2.23. The Labute approximate surface area is 180 Å². The monoisotopic (exact) mass is 429 g/mol. The van der Waals surface area contributed by atoms with Gasteiger partial charge in [-0.05, 0) is 68.2 Å². The van der Waals surface area contributed by atoms with Gasteiger partial charge in [0.15, 0.2) is 0 Å². The number of rotatable bonds is 8. The van der Waals surface area contributed by atoms with Crippen molar-refractivity contribution in [1.29, 1.82) is 0 Å². The Morgan fingerprint density at radius 3 is 2.69 bits per heavy atom. The maximum atomic E-state index is 13.0. The molecular weight excluding hydrogens is 406 g/mol. The van der Waals surface area contributed by atoms with Gasteiger partial charge in [-0.25, -0.2) is 4.68 Å². The fourth-order valence-corrected chi connectivity index (χ4v) is 3.79. The van der Waals surface area contributed by atoms with Crippen molar-refractivity contribution in [3.05, 3.63) is 70.8 Å². The number of amides is 1. The van der Waals surface area contributed by atoms with E-state index in [-0.39, 0.29) is 11.9 Å². The van der Waals surface area contributed by atoms with E-state index in [0.29, 0.717) is 10.6 Å². The van der Waals surface area contributed by atoms with E-state index in [4.69, 9.17) is 11.6 Å². The van der Waals surface area contributed by atoms with E-state index in [2.05, 4.69) is 33.1 Å². The van der Waals surface area contributed by atoms with Gasteiger partial charge in [0, 0.05) is 22.3 Å². The summed E-state index contributed by atoms with van der Waals surface area (Å²) in [4.78, 5) is 18.3. The van der Waals surface area contributed by atoms with Gasteiger partial charge in [0.1, 0.15) is 0 Å². The van der Waals surface area contributed by atoms with Crippen molar-refractivity contribution < 1.29 is 4.79 Å². The van der Waals surface area contributed by atoms with Crippen LogP contribution in [0, 0.1) is 6.92 Å². The summed E-state index contributed by atoms with van der Waals surface area (Å²) < 4.78 is 4.79. The van der Waals surface area contributed by atoms with Crippen LogP contribution in [0.5, 0.6) is 0 Å². The number of hydrogen-bond acceptors (Lipinski definition) is 5. The summed E-state index contributed by atoms with van der Waals surface area (Å²) >= 11 is 7.46. The van der Waals surface area contributed by atoms with E-state index < -0.39 is 0 Å². The van der Waals surface area contributed by atoms with Crippen LogP contribution in [0.2, 0.25) is 5.02 Å². The van der Waals surface area contributed by atoms with Gasteiger partial charge in [0.2, 0.25) is 0 Å². The molecule has 3 aromatic rings. The lowest BCUT2D eigenvalue weighted by molar-refractivity contribution is 0.0933. The quantitative estimate of drug-likeness (QED) is 0.506. The van der Waals surface area contributed by atoms with Gasteiger partial charge in [0.25, 0.3) is 5.91 Å². The first kappa shape index (κ1) is 21.4. The Hall–Kier alpha value is -2.35. The minimum absolute atomic E-state index is 0.115. The Balaban J connectivity index is 1.82. The Bertz CT molecular complexity index is 973. The molecule has 1 aromatic carbocycles. The van der Waals surface area contributed by atoms with Crippen LogP contribution in [-0.2, 0) is 0 Å². The molecule has 0 bridgehead atoms. The molecule has 0 saturated heterocycles. The second-order valence-corrected chi connectivity index (χ2v) is 8.13. The van der Waals surface area contributed by atoms with Gasteiger partial charge in [0.05, 0.1) is 29.2 Å². The summed E-state index contributed by atoms with van der Waals surface area (Å²) in [6.07, 6.45) is 6.98. The minimum Gasteiger partial charge on any atom is -0.345 e. The van der Waals surface area contributed by atoms with E-state index in [1.54, 1.807) is 29.2 Å². The number of aromatic nitrogens is 3. The van der Waals surface area contributed by atoms with Crippen LogP contribution in [-0.4, -0.2) is 27.7 Å². The first-order chi connectivity index (χ1) is 14.0. The lowest BCUT2D eigenvalue weighted by atomic mass is 10.0. The molecule has 0 aliphatic heterocycles. The molecule has 6 nitrogen and oxygen atoms in total. The van der Waals surface area contributed by atoms with Crippen LogP contribution < -0.4 is 10.0 Å². The smallest absolute Gasteiger partial charge is 0.255 e. The van der Waals surface area contributed by atoms with E-state index >= 15 is 0 Å². The summed E-state index contributed by atoms with van der Waals surface area (Å²) in [5.41, 5.74) is 3.17. The van der Waals surface area contributed by atoms with Crippen molar-refractivity contribution >= 4 is 29.5 Å². The zero-order chi connectivity index (χ0) is 20.8. The summed E-state index contributed by atoms with van der Waals surface area (Å²) in [5.74, 6) is -0.146. The van der Waals surface area contributed by atoms with E-state index in [1.165, 1.54) is 11.9 Å². The van der Waals surface area contributed by atoms with Gasteiger partial charge in [-0.15, -0.1) is 0 Å². The molecule has 0 aliphatic carbocycles. The molecule has 1 atom stereocenters. The number of hydrogen-bond donors (Lipinski definition) is 2. The van der Waals surface area contributed by atoms with Crippen molar-refractivity contribution in [2.45, 2.75) is 37.6 Å². The molecule has 8 heteroatoms. The third-order valence-electron chi connectivity index (χ3n) is 4.56. The summed E-state index contributed by atoms with van der Waals surface area (Å²) in [6.45, 7) is 3.99. The number of halogens is 1. The fourth-order valence-electron chi connectivity index (χ4n) is 3.12. The predicted octanol–water partition coefficient (Wildman–Crippen LogP) is 4.73. The lowest BCUT2D eigenvalue weighted by Gasteiger charge is -2.19. The van der Waals surface area contributed by atoms with Crippen molar-refractivity contribution in [3.63, 3.8) is 0 Å². The van der Waals surface area contributed by atoms with E-state index in [9.17, 15) is 4.79 Å². The molecule has 2 N–H and O–H groups in total. The van der Waals surface area contributed by atoms with Gasteiger partial charge in [-0.2, -0.15) is 5.10 Å². The predicted molar refractivity (Wildman–Crippen MR) is 118 cm³/mol. The van der Waals surface area contributed by atoms with Gasteiger partial charge >= 0.3 is 0 Å². The number of benzene rings is 1. The van der Waals surface area contributed by atoms with Crippen molar-refractivity contribution in [2.24, 2.45) is 0 Å². The third-order valence-corrected chi connectivity index (χ3v) is 5.48. The maximum absolute atomic E-state index is 13.0. The average molecular weight is 430 g/mol. The summed E-state index contributed by atoms with van der Waals surface area (Å²) in [7, 11) is 1.86. The zero-order valence-electron chi connectivity index (χ0n) is 16.6. The van der Waals surface area contributed by atoms with Crippen LogP contribution >= 0.6 is 23.5 Å². The van der Waals surface area contributed by atoms with Gasteiger partial charge in [-0.3, -0.25) is 14.5 Å². The van der Waals surface area contributed by atoms with Crippen LogP contribution in [0.3, 0.4) is 0 Å². The average Bonchev–Trinajstić information content (AvgIpc) is 3.10. The molecule has 0 spiro atoms. The highest BCUT2D eigenvalue weighted by atomic mass is 35.5. The first-order valence-corrected chi connectivity index (χ1v) is 10.6. The Kier molecular flexibility index (Phi) is 7.30. The van der Waals surface area contributed by atoms with Crippen LogP contribution in [0.25, 0.3) is 5.69 Å². The highest BCUT2D eigenvalue weighted by molar-refractivity contribution is 7.97. The zero-order valence-corrected chi connectivity index (χ0v) is 18.2.